The number of amides is 2. The summed E-state index contributed by atoms with van der Waals surface area (Å²) in [5, 5.41) is 13.0. The number of benzene rings is 3. The van der Waals surface area contributed by atoms with Gasteiger partial charge in [0.15, 0.2) is 0 Å². The van der Waals surface area contributed by atoms with Gasteiger partial charge in [-0.15, -0.1) is 0 Å². The van der Waals surface area contributed by atoms with Crippen molar-refractivity contribution in [2.75, 3.05) is 13.2 Å². The number of carboxylic acid groups (broad SMARTS) is 1. The highest BCUT2D eigenvalue weighted by Crippen LogP contribution is 2.44. The number of aliphatic carboxylic acids is 1. The van der Waals surface area contributed by atoms with Gasteiger partial charge in [-0.1, -0.05) is 118 Å². The van der Waals surface area contributed by atoms with Crippen LogP contribution in [0.25, 0.3) is 11.1 Å². The molecule has 3 aromatic carbocycles. The fourth-order valence-corrected chi connectivity index (χ4v) is 5.47. The number of unbranched alkanes of at least 4 members (excludes halogenated alkanes) is 5. The summed E-state index contributed by atoms with van der Waals surface area (Å²) in [4.78, 5) is 39.9. The van der Waals surface area contributed by atoms with E-state index in [1.54, 1.807) is 0 Å². The molecule has 216 valence electrons. The van der Waals surface area contributed by atoms with Gasteiger partial charge in [-0.25, -0.2) is 9.59 Å². The molecule has 7 nitrogen and oxygen atoms in total. The predicted molar refractivity (Wildman–Crippen MR) is 159 cm³/mol. The van der Waals surface area contributed by atoms with Crippen molar-refractivity contribution in [3.05, 3.63) is 95.6 Å². The van der Waals surface area contributed by atoms with E-state index in [0.717, 1.165) is 52.0 Å². The first kappa shape index (κ1) is 29.8. The second kappa shape index (κ2) is 15.0. The van der Waals surface area contributed by atoms with Crippen molar-refractivity contribution in [3.8, 4) is 11.1 Å². The summed E-state index contributed by atoms with van der Waals surface area (Å²) in [5.41, 5.74) is 5.10. The molecule has 0 spiro atoms. The van der Waals surface area contributed by atoms with Gasteiger partial charge in [-0.2, -0.15) is 0 Å². The number of carbonyl (C=O) groups excluding carboxylic acids is 2. The summed E-state index contributed by atoms with van der Waals surface area (Å²) in [6, 6.07) is 23.9. The topological polar surface area (TPSA) is 95.9 Å². The van der Waals surface area contributed by atoms with E-state index in [1.807, 2.05) is 66.7 Å². The standard InChI is InChI=1S/C34H40N2O5/c1-2-3-4-5-6-14-21-35-32(37)22-31(33(38)39)36(23-25-15-8-7-9-16-25)34(40)41-24-30-28-19-12-10-17-26(28)27-18-11-13-20-29(27)30/h7-13,15-20,30-31H,2-6,14,21-24H2,1H3,(H,35,37)(H,38,39)/t31-/m1/s1. The third-order valence-electron chi connectivity index (χ3n) is 7.66. The van der Waals surface area contributed by atoms with E-state index < -0.39 is 24.0 Å². The SMILES string of the molecule is CCCCCCCCNC(=O)C[C@H](C(=O)O)N(Cc1ccccc1)C(=O)OCC1c2ccccc2-c2ccccc21. The molecule has 3 aromatic rings. The molecule has 0 heterocycles. The van der Waals surface area contributed by atoms with Gasteiger partial charge in [0.1, 0.15) is 12.6 Å². The summed E-state index contributed by atoms with van der Waals surface area (Å²) < 4.78 is 5.82. The van der Waals surface area contributed by atoms with Gasteiger partial charge in [0.2, 0.25) is 5.91 Å². The first-order valence-corrected chi connectivity index (χ1v) is 14.6. The molecular weight excluding hydrogens is 516 g/mol. The van der Waals surface area contributed by atoms with E-state index in [9.17, 15) is 19.5 Å². The van der Waals surface area contributed by atoms with E-state index in [4.69, 9.17) is 4.74 Å². The van der Waals surface area contributed by atoms with Crippen molar-refractivity contribution in [1.82, 2.24) is 10.2 Å². The molecule has 4 rings (SSSR count). The molecule has 0 saturated heterocycles. The number of carboxylic acids is 1. The Bertz CT molecular complexity index is 1260. The fraction of sp³-hybridized carbons (Fsp3) is 0.382. The van der Waals surface area contributed by atoms with Gasteiger partial charge in [-0.05, 0) is 34.2 Å². The van der Waals surface area contributed by atoms with E-state index in [-0.39, 0.29) is 25.5 Å². The average molecular weight is 557 g/mol. The number of nitrogens with one attached hydrogen (secondary N) is 1. The Labute approximate surface area is 242 Å². The molecule has 0 fully saturated rings. The fourth-order valence-electron chi connectivity index (χ4n) is 5.47. The van der Waals surface area contributed by atoms with Gasteiger partial charge in [0.25, 0.3) is 0 Å². The minimum Gasteiger partial charge on any atom is -0.480 e. The lowest BCUT2D eigenvalue weighted by molar-refractivity contribution is -0.145. The molecular formula is C34H40N2O5. The molecule has 0 unspecified atom stereocenters. The van der Waals surface area contributed by atoms with Crippen molar-refractivity contribution >= 4 is 18.0 Å². The number of ether oxygens (including phenoxy) is 1. The molecule has 0 bridgehead atoms. The van der Waals surface area contributed by atoms with Crippen molar-refractivity contribution in [3.63, 3.8) is 0 Å². The molecule has 0 aromatic heterocycles. The zero-order valence-corrected chi connectivity index (χ0v) is 23.8. The molecule has 0 radical (unpaired) electrons. The lowest BCUT2D eigenvalue weighted by atomic mass is 9.98. The maximum absolute atomic E-state index is 13.5. The molecule has 41 heavy (non-hydrogen) atoms. The third kappa shape index (κ3) is 7.97. The molecule has 2 N–H and O–H groups in total. The van der Waals surface area contributed by atoms with Crippen LogP contribution in [0.15, 0.2) is 78.9 Å². The Morgan fingerprint density at radius 2 is 1.41 bits per heavy atom. The van der Waals surface area contributed by atoms with Crippen LogP contribution >= 0.6 is 0 Å². The van der Waals surface area contributed by atoms with Crippen LogP contribution in [0.1, 0.15) is 74.5 Å². The normalized spacial score (nSPS) is 12.7. The van der Waals surface area contributed by atoms with Crippen LogP contribution in [0.2, 0.25) is 0 Å². The number of rotatable bonds is 15. The van der Waals surface area contributed by atoms with Crippen LogP contribution in [-0.2, 0) is 20.9 Å². The highest BCUT2D eigenvalue weighted by Gasteiger charge is 2.35. The quantitative estimate of drug-likeness (QED) is 0.202. The van der Waals surface area contributed by atoms with Crippen LogP contribution in [-0.4, -0.2) is 47.2 Å². The largest absolute Gasteiger partial charge is 0.480 e. The Balaban J connectivity index is 1.44. The zero-order chi connectivity index (χ0) is 29.0. The highest BCUT2D eigenvalue weighted by molar-refractivity contribution is 5.87. The summed E-state index contributed by atoms with van der Waals surface area (Å²) >= 11 is 0. The van der Waals surface area contributed by atoms with Gasteiger partial charge in [0.05, 0.1) is 6.42 Å². The minimum absolute atomic E-state index is 0.0131. The predicted octanol–water partition coefficient (Wildman–Crippen LogP) is 6.76. The first-order chi connectivity index (χ1) is 20.0. The molecule has 0 aliphatic heterocycles. The maximum Gasteiger partial charge on any atom is 0.410 e. The lowest BCUT2D eigenvalue weighted by Crippen LogP contribution is -2.47. The van der Waals surface area contributed by atoms with Gasteiger partial charge >= 0.3 is 12.1 Å². The second-order valence-corrected chi connectivity index (χ2v) is 10.6. The van der Waals surface area contributed by atoms with E-state index in [0.29, 0.717) is 6.54 Å². The summed E-state index contributed by atoms with van der Waals surface area (Å²) in [7, 11) is 0. The number of carbonyl (C=O) groups is 3. The monoisotopic (exact) mass is 556 g/mol. The van der Waals surface area contributed by atoms with Crippen LogP contribution in [0, 0.1) is 0 Å². The number of nitrogens with zero attached hydrogens (tertiary/aromatic N) is 1. The third-order valence-corrected chi connectivity index (χ3v) is 7.66. The molecule has 7 heteroatoms. The van der Waals surface area contributed by atoms with E-state index in [2.05, 4.69) is 24.4 Å². The Kier molecular flexibility index (Phi) is 10.9. The van der Waals surface area contributed by atoms with Gasteiger partial charge in [0, 0.05) is 19.0 Å². The Morgan fingerprint density at radius 1 is 0.829 bits per heavy atom. The first-order valence-electron chi connectivity index (χ1n) is 14.6. The molecule has 2 amide bonds. The van der Waals surface area contributed by atoms with Crippen LogP contribution in [0.5, 0.6) is 0 Å². The van der Waals surface area contributed by atoms with Crippen molar-refractivity contribution in [1.29, 1.82) is 0 Å². The Morgan fingerprint density at radius 3 is 2.05 bits per heavy atom. The Hall–Kier alpha value is -4.13. The van der Waals surface area contributed by atoms with Crippen LogP contribution in [0.4, 0.5) is 4.79 Å². The number of hydrogen-bond acceptors (Lipinski definition) is 4. The summed E-state index contributed by atoms with van der Waals surface area (Å²) in [6.45, 7) is 2.73. The van der Waals surface area contributed by atoms with Crippen molar-refractivity contribution in [2.24, 2.45) is 0 Å². The lowest BCUT2D eigenvalue weighted by Gasteiger charge is -2.29. The minimum atomic E-state index is -1.37. The highest BCUT2D eigenvalue weighted by atomic mass is 16.6. The summed E-state index contributed by atoms with van der Waals surface area (Å²) in [6.07, 6.45) is 5.44. The van der Waals surface area contributed by atoms with Crippen molar-refractivity contribution < 1.29 is 24.2 Å². The zero-order valence-electron chi connectivity index (χ0n) is 23.8. The van der Waals surface area contributed by atoms with Crippen LogP contribution < -0.4 is 5.32 Å². The van der Waals surface area contributed by atoms with E-state index in [1.165, 1.54) is 19.3 Å². The maximum atomic E-state index is 13.5. The molecule has 1 aliphatic carbocycles. The molecule has 1 atom stereocenters. The second-order valence-electron chi connectivity index (χ2n) is 10.6. The number of fused-ring (bicyclic) bond motifs is 3. The van der Waals surface area contributed by atoms with Crippen LogP contribution in [0.3, 0.4) is 0 Å². The summed E-state index contributed by atoms with van der Waals surface area (Å²) in [5.74, 6) is -1.80. The van der Waals surface area contributed by atoms with Gasteiger partial charge < -0.3 is 15.2 Å². The molecule has 1 aliphatic rings. The molecule has 0 saturated carbocycles. The van der Waals surface area contributed by atoms with Crippen molar-refractivity contribution in [2.45, 2.75) is 70.4 Å². The van der Waals surface area contributed by atoms with E-state index >= 15 is 0 Å². The smallest absolute Gasteiger partial charge is 0.410 e. The number of hydrogen-bond donors (Lipinski definition) is 2. The average Bonchev–Trinajstić information content (AvgIpc) is 3.31. The van der Waals surface area contributed by atoms with Gasteiger partial charge in [-0.3, -0.25) is 9.69 Å².